The van der Waals surface area contributed by atoms with Crippen molar-refractivity contribution in [2.24, 2.45) is 0 Å². The molecule has 2 aromatic rings. The number of nitro benzene ring substituents is 1. The number of hydrogen-bond acceptors (Lipinski definition) is 3. The molecule has 0 amide bonds. The molecule has 0 spiro atoms. The number of halogens is 4. The number of nitro groups is 1. The van der Waals surface area contributed by atoms with E-state index in [-0.39, 0.29) is 5.75 Å². The zero-order valence-corrected chi connectivity index (χ0v) is 11.2. The lowest BCUT2D eigenvalue weighted by molar-refractivity contribution is -0.388. The fourth-order valence-electron chi connectivity index (χ4n) is 1.51. The first-order valence-electron chi connectivity index (χ1n) is 5.14. The van der Waals surface area contributed by atoms with Gasteiger partial charge in [-0.1, -0.05) is 15.9 Å². The summed E-state index contributed by atoms with van der Waals surface area (Å²) in [7, 11) is 0. The fraction of sp³-hybridized carbons (Fsp3) is 0. The lowest BCUT2D eigenvalue weighted by atomic mass is 10.2. The van der Waals surface area contributed by atoms with Crippen LogP contribution >= 0.6 is 15.9 Å². The molecule has 0 aliphatic carbocycles. The van der Waals surface area contributed by atoms with Crippen LogP contribution in [0.1, 0.15) is 0 Å². The van der Waals surface area contributed by atoms with Crippen molar-refractivity contribution in [3.8, 4) is 11.5 Å². The largest absolute Gasteiger partial charge is 0.450 e. The molecule has 0 bridgehead atoms. The maximum atomic E-state index is 13.4. The molecule has 0 saturated heterocycles. The molecule has 0 fully saturated rings. The zero-order chi connectivity index (χ0) is 14.9. The molecule has 4 nitrogen and oxygen atoms in total. The van der Waals surface area contributed by atoms with Crippen molar-refractivity contribution in [3.63, 3.8) is 0 Å². The van der Waals surface area contributed by atoms with E-state index in [0.29, 0.717) is 16.6 Å². The Morgan fingerprint density at radius 3 is 2.30 bits per heavy atom. The highest BCUT2D eigenvalue weighted by atomic mass is 79.9. The van der Waals surface area contributed by atoms with E-state index in [1.807, 2.05) is 0 Å². The second kappa shape index (κ2) is 5.49. The Hall–Kier alpha value is -2.09. The fourth-order valence-corrected chi connectivity index (χ4v) is 1.96. The first-order chi connectivity index (χ1) is 9.36. The van der Waals surface area contributed by atoms with Crippen LogP contribution in [0.2, 0.25) is 0 Å². The Balaban J connectivity index is 2.49. The smallest absolute Gasteiger partial charge is 0.347 e. The minimum atomic E-state index is -1.37. The summed E-state index contributed by atoms with van der Waals surface area (Å²) in [6.45, 7) is 0. The third kappa shape index (κ3) is 3.08. The molecule has 0 aliphatic rings. The van der Waals surface area contributed by atoms with Crippen LogP contribution in [0, 0.1) is 27.6 Å². The van der Waals surface area contributed by atoms with Gasteiger partial charge in [0.25, 0.3) is 0 Å². The van der Waals surface area contributed by atoms with E-state index in [0.717, 1.165) is 12.1 Å². The number of rotatable bonds is 3. The summed E-state index contributed by atoms with van der Waals surface area (Å²) in [4.78, 5) is 9.71. The highest BCUT2D eigenvalue weighted by Gasteiger charge is 2.24. The van der Waals surface area contributed by atoms with Crippen molar-refractivity contribution in [3.05, 3.63) is 62.4 Å². The van der Waals surface area contributed by atoms with Gasteiger partial charge in [-0.2, -0.15) is 4.39 Å². The van der Waals surface area contributed by atoms with Gasteiger partial charge in [0.2, 0.25) is 11.6 Å². The summed E-state index contributed by atoms with van der Waals surface area (Å²) in [6, 6.07) is 4.38. The normalized spacial score (nSPS) is 10.4. The second-order valence-corrected chi connectivity index (χ2v) is 4.61. The lowest BCUT2D eigenvalue weighted by Crippen LogP contribution is -1.98. The maximum Gasteiger partial charge on any atom is 0.347 e. The molecule has 0 saturated carbocycles. The van der Waals surface area contributed by atoms with Gasteiger partial charge >= 0.3 is 5.69 Å². The second-order valence-electron chi connectivity index (χ2n) is 3.70. The SMILES string of the molecule is O=[N+]([O-])c1c(F)cc(F)cc1Oc1cc(F)cc(Br)c1. The van der Waals surface area contributed by atoms with Gasteiger partial charge in [-0.25, -0.2) is 8.78 Å². The van der Waals surface area contributed by atoms with Crippen LogP contribution < -0.4 is 4.74 Å². The summed E-state index contributed by atoms with van der Waals surface area (Å²) in [5.41, 5.74) is -1.02. The molecule has 0 heterocycles. The molecule has 0 radical (unpaired) electrons. The molecule has 2 rings (SSSR count). The molecule has 2 aromatic carbocycles. The van der Waals surface area contributed by atoms with E-state index < -0.39 is 33.8 Å². The first-order valence-corrected chi connectivity index (χ1v) is 5.93. The van der Waals surface area contributed by atoms with Crippen LogP contribution in [-0.2, 0) is 0 Å². The van der Waals surface area contributed by atoms with Gasteiger partial charge in [-0.3, -0.25) is 10.1 Å². The van der Waals surface area contributed by atoms with Crippen LogP contribution in [0.15, 0.2) is 34.8 Å². The lowest BCUT2D eigenvalue weighted by Gasteiger charge is -2.07. The van der Waals surface area contributed by atoms with E-state index in [9.17, 15) is 23.3 Å². The molecule has 104 valence electrons. The van der Waals surface area contributed by atoms with Crippen molar-refractivity contribution >= 4 is 21.6 Å². The van der Waals surface area contributed by atoms with E-state index in [2.05, 4.69) is 15.9 Å². The van der Waals surface area contributed by atoms with Crippen LogP contribution in [0.25, 0.3) is 0 Å². The van der Waals surface area contributed by atoms with Crippen LogP contribution in [0.5, 0.6) is 11.5 Å². The Kier molecular flexibility index (Phi) is 3.93. The Morgan fingerprint density at radius 2 is 1.70 bits per heavy atom. The number of hydrogen-bond donors (Lipinski definition) is 0. The molecule has 8 heteroatoms. The quantitative estimate of drug-likeness (QED) is 0.603. The maximum absolute atomic E-state index is 13.4. The zero-order valence-electron chi connectivity index (χ0n) is 9.57. The van der Waals surface area contributed by atoms with Crippen molar-refractivity contribution < 1.29 is 22.8 Å². The average Bonchev–Trinajstić information content (AvgIpc) is 2.25. The molecule has 0 unspecified atom stereocenters. The third-order valence-electron chi connectivity index (χ3n) is 2.24. The van der Waals surface area contributed by atoms with Gasteiger partial charge in [0, 0.05) is 22.7 Å². The highest BCUT2D eigenvalue weighted by Crippen LogP contribution is 2.35. The summed E-state index contributed by atoms with van der Waals surface area (Å²) in [5, 5.41) is 10.8. The molecule has 0 aliphatic heterocycles. The van der Waals surface area contributed by atoms with E-state index in [4.69, 9.17) is 4.74 Å². The van der Waals surface area contributed by atoms with Crippen LogP contribution in [0.3, 0.4) is 0 Å². The predicted molar refractivity (Wildman–Crippen MR) is 67.2 cm³/mol. The summed E-state index contributed by atoms with van der Waals surface area (Å²) in [6.07, 6.45) is 0. The molecule has 20 heavy (non-hydrogen) atoms. The van der Waals surface area contributed by atoms with Crippen molar-refractivity contribution in [1.82, 2.24) is 0 Å². The summed E-state index contributed by atoms with van der Waals surface area (Å²) in [5.74, 6) is -3.87. The predicted octanol–water partition coefficient (Wildman–Crippen LogP) is 4.57. The van der Waals surface area contributed by atoms with Crippen LogP contribution in [0.4, 0.5) is 18.9 Å². The minimum absolute atomic E-state index is 0.134. The number of benzene rings is 2. The standard InChI is InChI=1S/C12H5BrF3NO3/c13-6-1-7(14)3-9(2-6)20-11-5-8(15)4-10(16)12(11)17(18)19/h1-5H. The van der Waals surface area contributed by atoms with Gasteiger partial charge in [0.05, 0.1) is 4.92 Å². The van der Waals surface area contributed by atoms with Crippen molar-refractivity contribution in [2.45, 2.75) is 0 Å². The van der Waals surface area contributed by atoms with Gasteiger partial charge in [0.15, 0.2) is 0 Å². The Morgan fingerprint density at radius 1 is 1.05 bits per heavy atom. The van der Waals surface area contributed by atoms with Gasteiger partial charge in [0.1, 0.15) is 17.4 Å². The average molecular weight is 348 g/mol. The Bertz CT molecular complexity index is 674. The van der Waals surface area contributed by atoms with Crippen molar-refractivity contribution in [1.29, 1.82) is 0 Å². The molecule has 0 aromatic heterocycles. The minimum Gasteiger partial charge on any atom is -0.450 e. The monoisotopic (exact) mass is 347 g/mol. The molecular weight excluding hydrogens is 343 g/mol. The molecule has 0 N–H and O–H groups in total. The van der Waals surface area contributed by atoms with Gasteiger partial charge in [-0.05, 0) is 12.1 Å². The Labute approximate surface area is 119 Å². The van der Waals surface area contributed by atoms with E-state index in [1.165, 1.54) is 6.07 Å². The first kappa shape index (κ1) is 14.3. The van der Waals surface area contributed by atoms with Gasteiger partial charge < -0.3 is 4.74 Å². The molecular formula is C12H5BrF3NO3. The van der Waals surface area contributed by atoms with Gasteiger partial charge in [-0.15, -0.1) is 0 Å². The summed E-state index contributed by atoms with van der Waals surface area (Å²) < 4.78 is 45.0. The molecule has 0 atom stereocenters. The highest BCUT2D eigenvalue weighted by molar-refractivity contribution is 9.10. The topological polar surface area (TPSA) is 52.4 Å². The van der Waals surface area contributed by atoms with E-state index in [1.54, 1.807) is 0 Å². The van der Waals surface area contributed by atoms with Crippen LogP contribution in [-0.4, -0.2) is 4.92 Å². The third-order valence-corrected chi connectivity index (χ3v) is 2.70. The van der Waals surface area contributed by atoms with E-state index >= 15 is 0 Å². The number of nitrogens with zero attached hydrogens (tertiary/aromatic N) is 1. The number of ether oxygens (including phenoxy) is 1. The summed E-state index contributed by atoms with van der Waals surface area (Å²) >= 11 is 3.00. The van der Waals surface area contributed by atoms with Crippen molar-refractivity contribution in [2.75, 3.05) is 0 Å².